The third-order valence-corrected chi connectivity index (χ3v) is 2.29. The maximum Gasteiger partial charge on any atom is 0.268 e. The summed E-state index contributed by atoms with van der Waals surface area (Å²) in [6.45, 7) is 4.27. The molecule has 5 heteroatoms. The van der Waals surface area contributed by atoms with Crippen molar-refractivity contribution in [3.05, 3.63) is 23.0 Å². The SMILES string of the molecule is CCn1cc(Cl)cc1C(=O)N[C@@H](C)CO. The number of aryl methyl sites for hydroxylation is 1. The fourth-order valence-electron chi connectivity index (χ4n) is 1.27. The van der Waals surface area contributed by atoms with Gasteiger partial charge in [-0.05, 0) is 19.9 Å². The largest absolute Gasteiger partial charge is 0.394 e. The Kier molecular flexibility index (Phi) is 4.17. The van der Waals surface area contributed by atoms with Gasteiger partial charge in [-0.15, -0.1) is 0 Å². The van der Waals surface area contributed by atoms with Gasteiger partial charge in [-0.2, -0.15) is 0 Å². The van der Waals surface area contributed by atoms with Crippen molar-refractivity contribution in [2.24, 2.45) is 0 Å². The predicted octanol–water partition coefficient (Wildman–Crippen LogP) is 1.27. The number of hydrogen-bond donors (Lipinski definition) is 2. The van der Waals surface area contributed by atoms with E-state index in [4.69, 9.17) is 16.7 Å². The normalized spacial score (nSPS) is 12.5. The first kappa shape index (κ1) is 12.1. The molecule has 1 aromatic heterocycles. The van der Waals surface area contributed by atoms with E-state index in [2.05, 4.69) is 5.32 Å². The van der Waals surface area contributed by atoms with Crippen LogP contribution in [0.1, 0.15) is 24.3 Å². The summed E-state index contributed by atoms with van der Waals surface area (Å²) in [6, 6.07) is 1.36. The minimum absolute atomic E-state index is 0.0771. The number of nitrogens with zero attached hydrogens (tertiary/aromatic N) is 1. The van der Waals surface area contributed by atoms with Crippen molar-refractivity contribution in [1.82, 2.24) is 9.88 Å². The van der Waals surface area contributed by atoms with Crippen LogP contribution in [-0.4, -0.2) is 28.2 Å². The molecule has 0 radical (unpaired) electrons. The highest BCUT2D eigenvalue weighted by Crippen LogP contribution is 2.14. The van der Waals surface area contributed by atoms with Crippen molar-refractivity contribution in [2.45, 2.75) is 26.4 Å². The first-order valence-electron chi connectivity index (χ1n) is 4.85. The summed E-state index contributed by atoms with van der Waals surface area (Å²) in [7, 11) is 0. The molecular weight excluding hydrogens is 216 g/mol. The number of aliphatic hydroxyl groups excluding tert-OH is 1. The zero-order valence-electron chi connectivity index (χ0n) is 8.83. The highest BCUT2D eigenvalue weighted by molar-refractivity contribution is 6.31. The lowest BCUT2D eigenvalue weighted by Gasteiger charge is -2.11. The van der Waals surface area contributed by atoms with E-state index in [0.717, 1.165) is 0 Å². The Bertz CT molecular complexity index is 349. The smallest absolute Gasteiger partial charge is 0.268 e. The highest BCUT2D eigenvalue weighted by Gasteiger charge is 2.13. The van der Waals surface area contributed by atoms with Gasteiger partial charge in [0.15, 0.2) is 0 Å². The third-order valence-electron chi connectivity index (χ3n) is 2.09. The lowest BCUT2D eigenvalue weighted by atomic mass is 10.3. The summed E-state index contributed by atoms with van der Waals surface area (Å²) in [6.07, 6.45) is 1.71. The maximum atomic E-state index is 11.7. The number of hydrogen-bond acceptors (Lipinski definition) is 2. The van der Waals surface area contributed by atoms with Crippen molar-refractivity contribution < 1.29 is 9.90 Å². The molecule has 0 aromatic carbocycles. The molecule has 0 unspecified atom stereocenters. The molecule has 15 heavy (non-hydrogen) atoms. The molecule has 1 rings (SSSR count). The number of aliphatic hydroxyl groups is 1. The number of rotatable bonds is 4. The monoisotopic (exact) mass is 230 g/mol. The van der Waals surface area contributed by atoms with Gasteiger partial charge in [0.25, 0.3) is 5.91 Å². The molecule has 1 aromatic rings. The van der Waals surface area contributed by atoms with E-state index in [9.17, 15) is 4.79 Å². The first-order chi connectivity index (χ1) is 7.08. The number of halogens is 1. The van der Waals surface area contributed by atoms with Crippen LogP contribution in [0.2, 0.25) is 5.02 Å². The standard InChI is InChI=1S/C10H15ClN2O2/c1-3-13-5-8(11)4-9(13)10(15)12-7(2)6-14/h4-5,7,14H,3,6H2,1-2H3,(H,12,15)/t7-/m0/s1. The van der Waals surface area contributed by atoms with Crippen molar-refractivity contribution in [3.8, 4) is 0 Å². The lowest BCUT2D eigenvalue weighted by molar-refractivity contribution is 0.0913. The Balaban J connectivity index is 2.81. The average Bonchev–Trinajstić information content (AvgIpc) is 2.59. The molecule has 1 atom stereocenters. The molecule has 0 aliphatic heterocycles. The van der Waals surface area contributed by atoms with Crippen molar-refractivity contribution in [2.75, 3.05) is 6.61 Å². The Hall–Kier alpha value is -1.00. The van der Waals surface area contributed by atoms with Gasteiger partial charge in [0.2, 0.25) is 0 Å². The van der Waals surface area contributed by atoms with Gasteiger partial charge in [0.1, 0.15) is 5.69 Å². The molecule has 0 aliphatic rings. The molecule has 1 amide bonds. The molecular formula is C10H15ClN2O2. The Labute approximate surface area is 93.8 Å². The zero-order chi connectivity index (χ0) is 11.4. The number of aromatic nitrogens is 1. The maximum absolute atomic E-state index is 11.7. The van der Waals surface area contributed by atoms with Crippen LogP contribution in [0.4, 0.5) is 0 Å². The predicted molar refractivity (Wildman–Crippen MR) is 59.1 cm³/mol. The van der Waals surface area contributed by atoms with Crippen molar-refractivity contribution >= 4 is 17.5 Å². The second kappa shape index (κ2) is 5.19. The van der Waals surface area contributed by atoms with Crippen LogP contribution >= 0.6 is 11.6 Å². The van der Waals surface area contributed by atoms with Gasteiger partial charge >= 0.3 is 0 Å². The summed E-state index contributed by atoms with van der Waals surface area (Å²) in [4.78, 5) is 11.7. The summed E-state index contributed by atoms with van der Waals surface area (Å²) in [5.41, 5.74) is 0.516. The topological polar surface area (TPSA) is 54.3 Å². The number of carbonyl (C=O) groups excluding carboxylic acids is 1. The molecule has 0 spiro atoms. The molecule has 2 N–H and O–H groups in total. The van der Waals surface area contributed by atoms with Crippen molar-refractivity contribution in [3.63, 3.8) is 0 Å². The minimum atomic E-state index is -0.253. The summed E-state index contributed by atoms with van der Waals surface area (Å²) < 4.78 is 1.77. The van der Waals surface area contributed by atoms with Crippen LogP contribution in [0, 0.1) is 0 Å². The summed E-state index contributed by atoms with van der Waals surface area (Å²) in [5, 5.41) is 12.0. The van der Waals surface area contributed by atoms with Crippen LogP contribution in [-0.2, 0) is 6.54 Å². The summed E-state index contributed by atoms with van der Waals surface area (Å²) >= 11 is 5.81. The zero-order valence-corrected chi connectivity index (χ0v) is 9.58. The van der Waals surface area contributed by atoms with Crippen LogP contribution in [0.15, 0.2) is 12.3 Å². The molecule has 4 nitrogen and oxygen atoms in total. The first-order valence-corrected chi connectivity index (χ1v) is 5.23. The van der Waals surface area contributed by atoms with Gasteiger partial charge in [-0.25, -0.2) is 0 Å². The lowest BCUT2D eigenvalue weighted by Crippen LogP contribution is -2.36. The molecule has 0 fully saturated rings. The van der Waals surface area contributed by atoms with Gasteiger partial charge in [0, 0.05) is 18.8 Å². The van der Waals surface area contributed by atoms with Crippen LogP contribution < -0.4 is 5.32 Å². The van der Waals surface area contributed by atoms with E-state index in [0.29, 0.717) is 17.3 Å². The van der Waals surface area contributed by atoms with Gasteiger partial charge in [0.05, 0.1) is 11.6 Å². The fourth-order valence-corrected chi connectivity index (χ4v) is 1.49. The van der Waals surface area contributed by atoms with Crippen LogP contribution in [0.5, 0.6) is 0 Å². The summed E-state index contributed by atoms with van der Waals surface area (Å²) in [5.74, 6) is -0.217. The van der Waals surface area contributed by atoms with Gasteiger partial charge < -0.3 is 15.0 Å². The number of nitrogens with one attached hydrogen (secondary N) is 1. The number of amides is 1. The average molecular weight is 231 g/mol. The van der Waals surface area contributed by atoms with E-state index in [1.54, 1.807) is 23.8 Å². The second-order valence-electron chi connectivity index (χ2n) is 3.39. The van der Waals surface area contributed by atoms with Crippen LogP contribution in [0.3, 0.4) is 0 Å². The Morgan fingerprint density at radius 3 is 2.93 bits per heavy atom. The number of carbonyl (C=O) groups is 1. The Morgan fingerprint density at radius 2 is 2.40 bits per heavy atom. The second-order valence-corrected chi connectivity index (χ2v) is 3.82. The van der Waals surface area contributed by atoms with E-state index >= 15 is 0 Å². The van der Waals surface area contributed by atoms with E-state index < -0.39 is 0 Å². The molecule has 0 saturated carbocycles. The Morgan fingerprint density at radius 1 is 1.73 bits per heavy atom. The van der Waals surface area contributed by atoms with E-state index in [1.165, 1.54) is 0 Å². The molecule has 0 aliphatic carbocycles. The van der Waals surface area contributed by atoms with Gasteiger partial charge in [-0.1, -0.05) is 11.6 Å². The fraction of sp³-hybridized carbons (Fsp3) is 0.500. The highest BCUT2D eigenvalue weighted by atomic mass is 35.5. The van der Waals surface area contributed by atoms with Crippen LogP contribution in [0.25, 0.3) is 0 Å². The third kappa shape index (κ3) is 2.97. The van der Waals surface area contributed by atoms with E-state index in [1.807, 2.05) is 6.92 Å². The van der Waals surface area contributed by atoms with Gasteiger partial charge in [-0.3, -0.25) is 4.79 Å². The molecule has 0 saturated heterocycles. The molecule has 84 valence electrons. The van der Waals surface area contributed by atoms with E-state index in [-0.39, 0.29) is 18.6 Å². The minimum Gasteiger partial charge on any atom is -0.394 e. The molecule has 0 bridgehead atoms. The molecule has 1 heterocycles. The van der Waals surface area contributed by atoms with Crippen molar-refractivity contribution in [1.29, 1.82) is 0 Å². The quantitative estimate of drug-likeness (QED) is 0.819.